The summed E-state index contributed by atoms with van der Waals surface area (Å²) in [6, 6.07) is 6.40. The number of methoxy groups -OCH3 is 1. The first-order valence-corrected chi connectivity index (χ1v) is 8.94. The number of fused-ring (bicyclic) bond motifs is 1. The lowest BCUT2D eigenvalue weighted by molar-refractivity contribution is 0.0999. The standard InChI is InChI=1S/C17H16ClN3O4S/c1-25-17(24)21-7-6-11-12(8-21)26-16(13(11)14(19)22)20-15(23)9-2-4-10(18)5-3-9/h2-5H,6-8H2,1H3,(H2,19,22)(H,20,23). The first-order chi connectivity index (χ1) is 12.4. The number of carbonyl (C=O) groups excluding carboxylic acids is 3. The van der Waals surface area contributed by atoms with Crippen LogP contribution in [0, 0.1) is 0 Å². The minimum absolute atomic E-state index is 0.303. The second kappa shape index (κ2) is 7.35. The summed E-state index contributed by atoms with van der Waals surface area (Å²) >= 11 is 7.07. The van der Waals surface area contributed by atoms with E-state index in [1.54, 1.807) is 24.3 Å². The molecule has 136 valence electrons. The third-order valence-electron chi connectivity index (χ3n) is 4.07. The van der Waals surface area contributed by atoms with Crippen LogP contribution in [0.15, 0.2) is 24.3 Å². The van der Waals surface area contributed by atoms with Crippen molar-refractivity contribution >= 4 is 45.8 Å². The van der Waals surface area contributed by atoms with Gasteiger partial charge in [0.2, 0.25) is 0 Å². The molecule has 3 N–H and O–H groups in total. The SMILES string of the molecule is COC(=O)N1CCc2c(sc(NC(=O)c3ccc(Cl)cc3)c2C(N)=O)C1. The summed E-state index contributed by atoms with van der Waals surface area (Å²) in [4.78, 5) is 38.5. The molecule has 26 heavy (non-hydrogen) atoms. The van der Waals surface area contributed by atoms with E-state index in [2.05, 4.69) is 5.32 Å². The van der Waals surface area contributed by atoms with Crippen molar-refractivity contribution in [3.8, 4) is 0 Å². The average molecular weight is 394 g/mol. The number of amides is 3. The Morgan fingerprint density at radius 1 is 1.27 bits per heavy atom. The number of nitrogens with two attached hydrogens (primary N) is 1. The zero-order chi connectivity index (χ0) is 18.8. The van der Waals surface area contributed by atoms with Crippen molar-refractivity contribution in [2.75, 3.05) is 19.0 Å². The van der Waals surface area contributed by atoms with Crippen LogP contribution in [0.1, 0.15) is 31.2 Å². The number of carbonyl (C=O) groups is 3. The molecule has 3 rings (SSSR count). The van der Waals surface area contributed by atoms with Crippen LogP contribution in [0.2, 0.25) is 5.02 Å². The molecule has 0 spiro atoms. The average Bonchev–Trinajstić information content (AvgIpc) is 2.98. The van der Waals surface area contributed by atoms with Gasteiger partial charge in [0.1, 0.15) is 5.00 Å². The quantitative estimate of drug-likeness (QED) is 0.836. The zero-order valence-corrected chi connectivity index (χ0v) is 15.4. The number of halogens is 1. The Hall–Kier alpha value is -2.58. The van der Waals surface area contributed by atoms with E-state index in [4.69, 9.17) is 22.1 Å². The van der Waals surface area contributed by atoms with Crippen LogP contribution in [0.3, 0.4) is 0 Å². The second-order valence-corrected chi connectivity index (χ2v) is 7.22. The molecule has 1 aromatic carbocycles. The maximum atomic E-state index is 12.4. The number of rotatable bonds is 3. The maximum Gasteiger partial charge on any atom is 0.409 e. The molecule has 0 fully saturated rings. The molecule has 2 heterocycles. The number of hydrogen-bond donors (Lipinski definition) is 2. The number of ether oxygens (including phenoxy) is 1. The highest BCUT2D eigenvalue weighted by Gasteiger charge is 2.29. The van der Waals surface area contributed by atoms with Gasteiger partial charge in [-0.05, 0) is 36.2 Å². The lowest BCUT2D eigenvalue weighted by Gasteiger charge is -2.25. The van der Waals surface area contributed by atoms with Crippen LogP contribution in [-0.2, 0) is 17.7 Å². The summed E-state index contributed by atoms with van der Waals surface area (Å²) in [7, 11) is 1.32. The molecule has 0 atom stereocenters. The molecule has 1 aliphatic heterocycles. The minimum atomic E-state index is -0.611. The number of anilines is 1. The summed E-state index contributed by atoms with van der Waals surface area (Å²) in [5, 5.41) is 3.65. The highest BCUT2D eigenvalue weighted by molar-refractivity contribution is 7.17. The lowest BCUT2D eigenvalue weighted by Crippen LogP contribution is -2.35. The van der Waals surface area contributed by atoms with Crippen molar-refractivity contribution in [3.05, 3.63) is 50.9 Å². The highest BCUT2D eigenvalue weighted by Crippen LogP contribution is 2.37. The van der Waals surface area contributed by atoms with E-state index in [1.165, 1.54) is 23.3 Å². The fourth-order valence-corrected chi connectivity index (χ4v) is 4.20. The summed E-state index contributed by atoms with van der Waals surface area (Å²) in [6.07, 6.45) is 0.0344. The predicted octanol–water partition coefficient (Wildman–Crippen LogP) is 2.88. The Morgan fingerprint density at radius 3 is 2.58 bits per heavy atom. The van der Waals surface area contributed by atoms with Gasteiger partial charge in [0.25, 0.3) is 11.8 Å². The van der Waals surface area contributed by atoms with Gasteiger partial charge in [-0.2, -0.15) is 0 Å². The number of nitrogens with zero attached hydrogens (tertiary/aromatic N) is 1. The van der Waals surface area contributed by atoms with Crippen LogP contribution >= 0.6 is 22.9 Å². The Labute approximate surface area is 158 Å². The van der Waals surface area contributed by atoms with Gasteiger partial charge in [-0.15, -0.1) is 11.3 Å². The number of hydrogen-bond acceptors (Lipinski definition) is 5. The first-order valence-electron chi connectivity index (χ1n) is 7.75. The predicted molar refractivity (Wildman–Crippen MR) is 98.8 cm³/mol. The minimum Gasteiger partial charge on any atom is -0.453 e. The monoisotopic (exact) mass is 393 g/mol. The largest absolute Gasteiger partial charge is 0.453 e. The van der Waals surface area contributed by atoms with E-state index in [9.17, 15) is 14.4 Å². The van der Waals surface area contributed by atoms with Crippen LogP contribution in [0.4, 0.5) is 9.80 Å². The van der Waals surface area contributed by atoms with Crippen molar-refractivity contribution in [1.29, 1.82) is 0 Å². The van der Waals surface area contributed by atoms with Crippen molar-refractivity contribution in [1.82, 2.24) is 4.90 Å². The van der Waals surface area contributed by atoms with Gasteiger partial charge in [0.05, 0.1) is 19.2 Å². The van der Waals surface area contributed by atoms with Crippen molar-refractivity contribution in [2.24, 2.45) is 5.73 Å². The van der Waals surface area contributed by atoms with Crippen LogP contribution in [0.5, 0.6) is 0 Å². The Morgan fingerprint density at radius 2 is 1.96 bits per heavy atom. The molecule has 0 unspecified atom stereocenters. The molecule has 7 nitrogen and oxygen atoms in total. The molecule has 0 bridgehead atoms. The summed E-state index contributed by atoms with van der Waals surface area (Å²) in [6.45, 7) is 0.727. The number of benzene rings is 1. The lowest BCUT2D eigenvalue weighted by atomic mass is 10.0. The fourth-order valence-electron chi connectivity index (χ4n) is 2.81. The molecule has 0 aliphatic carbocycles. The molecular formula is C17H16ClN3O4S. The molecule has 9 heteroatoms. The molecular weight excluding hydrogens is 378 g/mol. The zero-order valence-electron chi connectivity index (χ0n) is 13.9. The van der Waals surface area contributed by atoms with Crippen molar-refractivity contribution in [3.63, 3.8) is 0 Å². The van der Waals surface area contributed by atoms with Gasteiger partial charge in [0.15, 0.2) is 0 Å². The summed E-state index contributed by atoms with van der Waals surface area (Å²) < 4.78 is 4.74. The molecule has 1 aromatic heterocycles. The molecule has 0 saturated heterocycles. The van der Waals surface area contributed by atoms with E-state index < -0.39 is 12.0 Å². The summed E-state index contributed by atoms with van der Waals surface area (Å²) in [5.74, 6) is -0.979. The number of thiophene rings is 1. The van der Waals surface area contributed by atoms with Gasteiger partial charge in [-0.3, -0.25) is 9.59 Å². The van der Waals surface area contributed by atoms with E-state index in [0.29, 0.717) is 40.7 Å². The third-order valence-corrected chi connectivity index (χ3v) is 5.45. The summed E-state index contributed by atoms with van der Waals surface area (Å²) in [5.41, 5.74) is 7.02. The van der Waals surface area contributed by atoms with Gasteiger partial charge in [0, 0.05) is 22.0 Å². The van der Waals surface area contributed by atoms with Crippen molar-refractivity contribution in [2.45, 2.75) is 13.0 Å². The van der Waals surface area contributed by atoms with Crippen LogP contribution in [-0.4, -0.2) is 36.5 Å². The fraction of sp³-hybridized carbons (Fsp3) is 0.235. The number of nitrogens with one attached hydrogen (secondary N) is 1. The first kappa shape index (κ1) is 18.2. The Bertz CT molecular complexity index is 879. The molecule has 1 aliphatic rings. The molecule has 0 saturated carbocycles. The highest BCUT2D eigenvalue weighted by atomic mass is 35.5. The van der Waals surface area contributed by atoms with Crippen molar-refractivity contribution < 1.29 is 19.1 Å². The normalized spacial score (nSPS) is 13.1. The molecule has 3 amide bonds. The topological polar surface area (TPSA) is 102 Å². The van der Waals surface area contributed by atoms with Gasteiger partial charge in [-0.1, -0.05) is 11.6 Å². The van der Waals surface area contributed by atoms with E-state index in [0.717, 1.165) is 10.4 Å². The van der Waals surface area contributed by atoms with Gasteiger partial charge in [-0.25, -0.2) is 4.79 Å². The smallest absolute Gasteiger partial charge is 0.409 e. The van der Waals surface area contributed by atoms with E-state index >= 15 is 0 Å². The Kier molecular flexibility index (Phi) is 5.15. The van der Waals surface area contributed by atoms with E-state index in [-0.39, 0.29) is 5.91 Å². The van der Waals surface area contributed by atoms with Crippen LogP contribution < -0.4 is 11.1 Å². The Balaban J connectivity index is 1.89. The molecule has 0 radical (unpaired) electrons. The van der Waals surface area contributed by atoms with Gasteiger partial charge < -0.3 is 20.7 Å². The maximum absolute atomic E-state index is 12.4. The van der Waals surface area contributed by atoms with Crippen LogP contribution in [0.25, 0.3) is 0 Å². The number of primary amides is 1. The third kappa shape index (κ3) is 3.51. The van der Waals surface area contributed by atoms with Gasteiger partial charge >= 0.3 is 6.09 Å². The van der Waals surface area contributed by atoms with E-state index in [1.807, 2.05) is 0 Å². The second-order valence-electron chi connectivity index (χ2n) is 5.67. The molecule has 2 aromatic rings.